The minimum atomic E-state index is -3.99. The summed E-state index contributed by atoms with van der Waals surface area (Å²) in [5.74, 6) is 0.858. The highest BCUT2D eigenvalue weighted by Crippen LogP contribution is 2.38. The maximum Gasteiger partial charge on any atom is 0.333 e. The first-order valence-corrected chi connectivity index (χ1v) is 15.3. The summed E-state index contributed by atoms with van der Waals surface area (Å²) in [6.45, 7) is 4.48. The molecule has 3 aliphatic rings. The van der Waals surface area contributed by atoms with Crippen molar-refractivity contribution in [2.45, 2.75) is 36.4 Å². The summed E-state index contributed by atoms with van der Waals surface area (Å²) in [4.78, 5) is 23.1. The average molecular weight is 554 g/mol. The molecule has 0 spiro atoms. The van der Waals surface area contributed by atoms with Crippen LogP contribution in [0.4, 0.5) is 16.3 Å². The number of amides is 2. The quantitative estimate of drug-likeness (QED) is 0.497. The molecule has 1 fully saturated rings. The monoisotopic (exact) mass is 553 g/mol. The predicted octanol–water partition coefficient (Wildman–Crippen LogP) is 3.63. The maximum absolute atomic E-state index is 13.2. The smallest absolute Gasteiger partial charge is 0.333 e. The number of benzene rings is 1. The van der Waals surface area contributed by atoms with Gasteiger partial charge in [0.25, 0.3) is 10.0 Å². The third-order valence-corrected chi connectivity index (χ3v) is 10.5. The summed E-state index contributed by atoms with van der Waals surface area (Å²) in [5, 5.41) is 2.92. The molecule has 2 amide bonds. The van der Waals surface area contributed by atoms with Gasteiger partial charge in [0.1, 0.15) is 10.0 Å². The Morgan fingerprint density at radius 2 is 1.89 bits per heavy atom. The van der Waals surface area contributed by atoms with E-state index in [4.69, 9.17) is 4.74 Å². The lowest BCUT2D eigenvalue weighted by molar-refractivity contribution is 0.122. The number of hydrogen-bond acceptors (Lipinski definition) is 8. The van der Waals surface area contributed by atoms with Gasteiger partial charge in [-0.1, -0.05) is 12.1 Å². The van der Waals surface area contributed by atoms with Crippen molar-refractivity contribution < 1.29 is 17.9 Å². The fourth-order valence-electron chi connectivity index (χ4n) is 5.49. The number of rotatable bonds is 5. The zero-order valence-corrected chi connectivity index (χ0v) is 23.0. The second-order valence-corrected chi connectivity index (χ2v) is 13.1. The largest absolute Gasteiger partial charge is 0.378 e. The molecule has 2 aromatic heterocycles. The van der Waals surface area contributed by atoms with Crippen LogP contribution in [0.3, 0.4) is 0 Å². The summed E-state index contributed by atoms with van der Waals surface area (Å²) in [6, 6.07) is 9.01. The van der Waals surface area contributed by atoms with Crippen LogP contribution in [0.15, 0.2) is 40.7 Å². The van der Waals surface area contributed by atoms with E-state index >= 15 is 0 Å². The summed E-state index contributed by atoms with van der Waals surface area (Å²) < 4.78 is 34.2. The van der Waals surface area contributed by atoms with Gasteiger partial charge in [0.2, 0.25) is 0 Å². The lowest BCUT2D eigenvalue weighted by Gasteiger charge is -2.28. The molecule has 9 nitrogen and oxygen atoms in total. The Kier molecular flexibility index (Phi) is 6.85. The van der Waals surface area contributed by atoms with Gasteiger partial charge in [0.15, 0.2) is 0 Å². The zero-order chi connectivity index (χ0) is 26.3. The van der Waals surface area contributed by atoms with Crippen molar-refractivity contribution in [2.75, 3.05) is 50.1 Å². The Morgan fingerprint density at radius 1 is 1.05 bits per heavy atom. The SMILES string of the molecule is CN1CCc2sc(S(=O)(=O)NC(=O)Nc3c(-c4ccnc(N5CCOCC5)c4)ccc4c3CCC4)cc2C1. The number of urea groups is 1. The number of nitrogens with zero attached hydrogens (tertiary/aromatic N) is 3. The second-order valence-electron chi connectivity index (χ2n) is 10.0. The maximum atomic E-state index is 13.2. The zero-order valence-electron chi connectivity index (χ0n) is 21.3. The number of sulfonamides is 1. The third kappa shape index (κ3) is 5.03. The molecule has 0 bridgehead atoms. The number of pyridine rings is 1. The van der Waals surface area contributed by atoms with Crippen LogP contribution in [-0.4, -0.2) is 64.2 Å². The molecule has 0 saturated carbocycles. The lowest BCUT2D eigenvalue weighted by atomic mass is 9.97. The van der Waals surface area contributed by atoms with Gasteiger partial charge in [0.05, 0.1) is 18.9 Å². The van der Waals surface area contributed by atoms with Crippen LogP contribution in [0.25, 0.3) is 11.1 Å². The minimum Gasteiger partial charge on any atom is -0.378 e. The highest BCUT2D eigenvalue weighted by Gasteiger charge is 2.27. The Labute approximate surface area is 226 Å². The number of aryl methyl sites for hydroxylation is 1. The first-order valence-electron chi connectivity index (χ1n) is 13.0. The predicted molar refractivity (Wildman–Crippen MR) is 148 cm³/mol. The number of fused-ring (bicyclic) bond motifs is 2. The van der Waals surface area contributed by atoms with E-state index in [2.05, 4.69) is 30.9 Å². The third-order valence-electron chi connectivity index (χ3n) is 7.44. The molecule has 200 valence electrons. The molecule has 2 aliphatic heterocycles. The topological polar surface area (TPSA) is 104 Å². The van der Waals surface area contributed by atoms with Crippen LogP contribution >= 0.6 is 11.3 Å². The summed E-state index contributed by atoms with van der Waals surface area (Å²) in [7, 11) is -1.98. The van der Waals surface area contributed by atoms with E-state index in [1.165, 1.54) is 16.9 Å². The molecule has 4 heterocycles. The fraction of sp³-hybridized carbons (Fsp3) is 0.407. The van der Waals surface area contributed by atoms with Crippen LogP contribution in [0.5, 0.6) is 0 Å². The van der Waals surface area contributed by atoms with Crippen molar-refractivity contribution in [3.63, 3.8) is 0 Å². The van der Waals surface area contributed by atoms with E-state index < -0.39 is 16.1 Å². The molecule has 0 unspecified atom stereocenters. The van der Waals surface area contributed by atoms with E-state index in [0.717, 1.165) is 78.3 Å². The molecular formula is C27H31N5O4S2. The highest BCUT2D eigenvalue weighted by atomic mass is 32.2. The van der Waals surface area contributed by atoms with Crippen LogP contribution in [0.1, 0.15) is 28.0 Å². The van der Waals surface area contributed by atoms with Gasteiger partial charge in [-0.15, -0.1) is 11.3 Å². The van der Waals surface area contributed by atoms with Gasteiger partial charge in [-0.25, -0.2) is 22.9 Å². The molecule has 38 heavy (non-hydrogen) atoms. The second kappa shape index (κ2) is 10.3. The van der Waals surface area contributed by atoms with E-state index in [-0.39, 0.29) is 4.21 Å². The lowest BCUT2D eigenvalue weighted by Crippen LogP contribution is -2.36. The van der Waals surface area contributed by atoms with Crippen molar-refractivity contribution in [3.8, 4) is 11.1 Å². The van der Waals surface area contributed by atoms with Crippen molar-refractivity contribution in [1.82, 2.24) is 14.6 Å². The van der Waals surface area contributed by atoms with Gasteiger partial charge >= 0.3 is 6.03 Å². The number of morpholine rings is 1. The normalized spacial score (nSPS) is 17.7. The van der Waals surface area contributed by atoms with Crippen molar-refractivity contribution in [1.29, 1.82) is 0 Å². The van der Waals surface area contributed by atoms with E-state index in [9.17, 15) is 13.2 Å². The number of hydrogen-bond donors (Lipinski definition) is 2. The number of nitrogens with one attached hydrogen (secondary N) is 2. The Morgan fingerprint density at radius 3 is 2.74 bits per heavy atom. The van der Waals surface area contributed by atoms with Crippen LogP contribution in [-0.2, 0) is 40.6 Å². The Hall–Kier alpha value is -2.99. The Bertz CT molecular complexity index is 1480. The van der Waals surface area contributed by atoms with Gasteiger partial charge < -0.3 is 19.9 Å². The van der Waals surface area contributed by atoms with Crippen LogP contribution < -0.4 is 14.9 Å². The molecular weight excluding hydrogens is 522 g/mol. The van der Waals surface area contributed by atoms with Gasteiger partial charge in [-0.05, 0) is 73.2 Å². The first kappa shape index (κ1) is 25.3. The molecule has 6 rings (SSSR count). The number of anilines is 2. The molecule has 1 aromatic carbocycles. The highest BCUT2D eigenvalue weighted by molar-refractivity contribution is 7.92. The molecule has 1 saturated heterocycles. The molecule has 2 N–H and O–H groups in total. The molecule has 11 heteroatoms. The average Bonchev–Trinajstić information content (AvgIpc) is 3.57. The fourth-order valence-corrected chi connectivity index (χ4v) is 7.94. The number of carbonyl (C=O) groups is 1. The standard InChI is InChI=1S/C27H31N5O4S2/c1-31-10-8-23-20(17-31)16-25(37-23)38(34,35)30-27(33)29-26-21-4-2-3-18(21)5-6-22(26)19-7-9-28-24(15-19)32-11-13-36-14-12-32/h5-7,9,15-16H,2-4,8,10-14,17H2,1H3,(H2,29,30,33). The summed E-state index contributed by atoms with van der Waals surface area (Å²) >= 11 is 1.25. The molecule has 1 aliphatic carbocycles. The summed E-state index contributed by atoms with van der Waals surface area (Å²) in [5.41, 5.74) is 5.70. The number of thiophene rings is 1. The minimum absolute atomic E-state index is 0.177. The summed E-state index contributed by atoms with van der Waals surface area (Å²) in [6.07, 6.45) is 5.36. The number of ether oxygens (including phenoxy) is 1. The van der Waals surface area contributed by atoms with Crippen LogP contribution in [0, 0.1) is 0 Å². The number of likely N-dealkylation sites (N-methyl/N-ethyl adjacent to an activating group) is 1. The first-order chi connectivity index (χ1) is 18.4. The van der Waals surface area contributed by atoms with Gasteiger partial charge in [-0.3, -0.25) is 0 Å². The molecule has 0 atom stereocenters. The van der Waals surface area contributed by atoms with E-state index in [1.807, 2.05) is 25.2 Å². The van der Waals surface area contributed by atoms with Crippen molar-refractivity contribution in [2.24, 2.45) is 0 Å². The molecule has 3 aromatic rings. The number of aromatic nitrogens is 1. The van der Waals surface area contributed by atoms with E-state index in [1.54, 1.807) is 12.3 Å². The van der Waals surface area contributed by atoms with Gasteiger partial charge in [-0.2, -0.15) is 0 Å². The van der Waals surface area contributed by atoms with Gasteiger partial charge in [0, 0.05) is 42.8 Å². The van der Waals surface area contributed by atoms with Crippen molar-refractivity contribution >= 4 is 38.9 Å². The number of carbonyl (C=O) groups excluding carboxylic acids is 1. The molecule has 0 radical (unpaired) electrons. The van der Waals surface area contributed by atoms with E-state index in [0.29, 0.717) is 25.4 Å². The van der Waals surface area contributed by atoms with Crippen LogP contribution in [0.2, 0.25) is 0 Å². The van der Waals surface area contributed by atoms with Crippen molar-refractivity contribution in [3.05, 3.63) is 58.1 Å². The Balaban J connectivity index is 1.27.